The van der Waals surface area contributed by atoms with Gasteiger partial charge in [-0.3, -0.25) is 4.68 Å². The molecule has 3 nitrogen and oxygen atoms in total. The molecule has 0 amide bonds. The Bertz CT molecular complexity index is 455. The molecule has 1 heterocycles. The van der Waals surface area contributed by atoms with E-state index in [0.29, 0.717) is 6.04 Å². The number of nitrogens with one attached hydrogen (secondary N) is 1. The van der Waals surface area contributed by atoms with Crippen molar-refractivity contribution >= 4 is 15.9 Å². The van der Waals surface area contributed by atoms with Crippen LogP contribution in [0.3, 0.4) is 0 Å². The molecule has 3 unspecified atom stereocenters. The van der Waals surface area contributed by atoms with Crippen LogP contribution in [0.2, 0.25) is 0 Å². The van der Waals surface area contributed by atoms with Crippen LogP contribution in [-0.2, 0) is 19.4 Å². The van der Waals surface area contributed by atoms with Crippen molar-refractivity contribution in [2.75, 3.05) is 7.05 Å². The fraction of sp³-hybridized carbons (Fsp3) is 0.824. The maximum Gasteiger partial charge on any atom is 0.0766 e. The third kappa shape index (κ3) is 3.70. The van der Waals surface area contributed by atoms with Gasteiger partial charge in [-0.1, -0.05) is 26.7 Å². The van der Waals surface area contributed by atoms with Gasteiger partial charge in [0.15, 0.2) is 0 Å². The van der Waals surface area contributed by atoms with Crippen molar-refractivity contribution in [2.45, 2.75) is 71.9 Å². The molecule has 1 saturated carbocycles. The highest BCUT2D eigenvalue weighted by Gasteiger charge is 2.30. The minimum atomic E-state index is 0.574. The van der Waals surface area contributed by atoms with Gasteiger partial charge in [-0.05, 0) is 61.0 Å². The summed E-state index contributed by atoms with van der Waals surface area (Å²) >= 11 is 3.78. The Hall–Kier alpha value is -0.350. The number of hydrogen-bond donors (Lipinski definition) is 1. The lowest BCUT2D eigenvalue weighted by Crippen LogP contribution is -2.35. The number of hydrogen-bond acceptors (Lipinski definition) is 2. The summed E-state index contributed by atoms with van der Waals surface area (Å²) in [7, 11) is 2.12. The van der Waals surface area contributed by atoms with Gasteiger partial charge in [-0.25, -0.2) is 0 Å². The summed E-state index contributed by atoms with van der Waals surface area (Å²) in [5.74, 6) is 1.76. The topological polar surface area (TPSA) is 29.9 Å². The van der Waals surface area contributed by atoms with Gasteiger partial charge in [0, 0.05) is 19.0 Å². The van der Waals surface area contributed by atoms with Crippen LogP contribution in [0, 0.1) is 11.8 Å². The SMILES string of the molecule is CCc1nn(CC)c(CC(NC)C2CCC(CC)C2)c1Br. The molecule has 0 spiro atoms. The van der Waals surface area contributed by atoms with Crippen LogP contribution < -0.4 is 5.32 Å². The Morgan fingerprint density at radius 3 is 2.62 bits per heavy atom. The summed E-state index contributed by atoms with van der Waals surface area (Å²) in [4.78, 5) is 0. The van der Waals surface area contributed by atoms with Gasteiger partial charge in [-0.2, -0.15) is 5.10 Å². The fourth-order valence-electron chi connectivity index (χ4n) is 3.77. The fourth-order valence-corrected chi connectivity index (χ4v) is 4.50. The smallest absolute Gasteiger partial charge is 0.0766 e. The molecule has 0 bridgehead atoms. The average molecular weight is 356 g/mol. The van der Waals surface area contributed by atoms with Gasteiger partial charge in [0.25, 0.3) is 0 Å². The summed E-state index contributed by atoms with van der Waals surface area (Å²) in [6.45, 7) is 7.64. The minimum absolute atomic E-state index is 0.574. The van der Waals surface area contributed by atoms with Gasteiger partial charge < -0.3 is 5.32 Å². The Morgan fingerprint density at radius 1 is 1.33 bits per heavy atom. The number of aryl methyl sites for hydroxylation is 2. The van der Waals surface area contributed by atoms with Gasteiger partial charge in [0.2, 0.25) is 0 Å². The molecule has 1 aromatic heterocycles. The van der Waals surface area contributed by atoms with E-state index in [-0.39, 0.29) is 0 Å². The third-order valence-electron chi connectivity index (χ3n) is 5.21. The molecule has 2 rings (SSSR count). The van der Waals surface area contributed by atoms with Gasteiger partial charge >= 0.3 is 0 Å². The van der Waals surface area contributed by atoms with Crippen LogP contribution in [0.5, 0.6) is 0 Å². The Morgan fingerprint density at radius 2 is 2.10 bits per heavy atom. The quantitative estimate of drug-likeness (QED) is 0.794. The number of aromatic nitrogens is 2. The average Bonchev–Trinajstić information content (AvgIpc) is 3.09. The summed E-state index contributed by atoms with van der Waals surface area (Å²) in [5, 5.41) is 8.31. The van der Waals surface area contributed by atoms with E-state index in [9.17, 15) is 0 Å². The molecule has 3 atom stereocenters. The Balaban J connectivity index is 2.13. The van der Waals surface area contributed by atoms with E-state index in [1.165, 1.54) is 41.5 Å². The number of halogens is 1. The lowest BCUT2D eigenvalue weighted by molar-refractivity contribution is 0.354. The first-order valence-electron chi connectivity index (χ1n) is 8.55. The van der Waals surface area contributed by atoms with E-state index in [0.717, 1.165) is 31.2 Å². The first kappa shape index (κ1) is 17.0. The zero-order valence-corrected chi connectivity index (χ0v) is 15.5. The molecule has 0 radical (unpaired) electrons. The maximum absolute atomic E-state index is 4.73. The predicted octanol–water partition coefficient (Wildman–Crippen LogP) is 4.18. The second-order valence-electron chi connectivity index (χ2n) is 6.32. The van der Waals surface area contributed by atoms with Gasteiger partial charge in [0.1, 0.15) is 0 Å². The monoisotopic (exact) mass is 355 g/mol. The summed E-state index contributed by atoms with van der Waals surface area (Å²) < 4.78 is 3.41. The van der Waals surface area contributed by atoms with E-state index in [4.69, 9.17) is 5.10 Å². The highest BCUT2D eigenvalue weighted by molar-refractivity contribution is 9.10. The third-order valence-corrected chi connectivity index (χ3v) is 6.12. The van der Waals surface area contributed by atoms with E-state index >= 15 is 0 Å². The molecule has 1 fully saturated rings. The van der Waals surface area contributed by atoms with E-state index in [1.54, 1.807) is 0 Å². The van der Waals surface area contributed by atoms with Crippen molar-refractivity contribution < 1.29 is 0 Å². The second-order valence-corrected chi connectivity index (χ2v) is 7.12. The van der Waals surface area contributed by atoms with Crippen molar-refractivity contribution in [1.29, 1.82) is 0 Å². The van der Waals surface area contributed by atoms with Crippen molar-refractivity contribution in [3.05, 3.63) is 15.9 Å². The molecule has 21 heavy (non-hydrogen) atoms. The zero-order valence-electron chi connectivity index (χ0n) is 14.0. The molecule has 0 aromatic carbocycles. The predicted molar refractivity (Wildman–Crippen MR) is 92.7 cm³/mol. The first-order chi connectivity index (χ1) is 10.1. The normalized spacial score (nSPS) is 23.7. The van der Waals surface area contributed by atoms with Crippen molar-refractivity contribution in [3.63, 3.8) is 0 Å². The number of likely N-dealkylation sites (N-methyl/N-ethyl adjacent to an activating group) is 1. The lowest BCUT2D eigenvalue weighted by atomic mass is 9.92. The molecule has 1 aromatic rings. The molecule has 1 aliphatic rings. The van der Waals surface area contributed by atoms with Gasteiger partial charge in [-0.15, -0.1) is 0 Å². The Kier molecular flexibility index (Phi) is 6.30. The van der Waals surface area contributed by atoms with Crippen LogP contribution in [0.15, 0.2) is 4.47 Å². The second kappa shape index (κ2) is 7.77. The molecule has 1 N–H and O–H groups in total. The maximum atomic E-state index is 4.73. The van der Waals surface area contributed by atoms with Gasteiger partial charge in [0.05, 0.1) is 15.9 Å². The number of rotatable bonds is 7. The summed E-state index contributed by atoms with van der Waals surface area (Å²) in [6.07, 6.45) is 7.59. The molecule has 1 aliphatic carbocycles. The molecule has 0 aliphatic heterocycles. The highest BCUT2D eigenvalue weighted by Crippen LogP contribution is 2.36. The van der Waals surface area contributed by atoms with Crippen LogP contribution >= 0.6 is 15.9 Å². The molecule has 0 saturated heterocycles. The standard InChI is InChI=1S/C17H30BrN3/c1-5-12-8-9-13(10-12)15(19-4)11-16-17(18)14(6-2)20-21(16)7-3/h12-13,15,19H,5-11H2,1-4H3. The van der Waals surface area contributed by atoms with Crippen LogP contribution in [0.4, 0.5) is 0 Å². The Labute approximate surface area is 138 Å². The first-order valence-corrected chi connectivity index (χ1v) is 9.35. The number of nitrogens with zero attached hydrogens (tertiary/aromatic N) is 2. The molecular weight excluding hydrogens is 326 g/mol. The van der Waals surface area contributed by atoms with Crippen molar-refractivity contribution in [1.82, 2.24) is 15.1 Å². The summed E-state index contributed by atoms with van der Waals surface area (Å²) in [6, 6.07) is 0.574. The highest BCUT2D eigenvalue weighted by atomic mass is 79.9. The lowest BCUT2D eigenvalue weighted by Gasteiger charge is -2.24. The van der Waals surface area contributed by atoms with E-state index in [2.05, 4.69) is 53.7 Å². The van der Waals surface area contributed by atoms with E-state index in [1.807, 2.05) is 0 Å². The minimum Gasteiger partial charge on any atom is -0.316 e. The molecule has 120 valence electrons. The van der Waals surface area contributed by atoms with E-state index < -0.39 is 0 Å². The van der Waals surface area contributed by atoms with Crippen LogP contribution in [-0.4, -0.2) is 22.9 Å². The van der Waals surface area contributed by atoms with Crippen LogP contribution in [0.25, 0.3) is 0 Å². The largest absolute Gasteiger partial charge is 0.316 e. The van der Waals surface area contributed by atoms with Crippen molar-refractivity contribution in [3.8, 4) is 0 Å². The zero-order chi connectivity index (χ0) is 15.4. The van der Waals surface area contributed by atoms with Crippen molar-refractivity contribution in [2.24, 2.45) is 11.8 Å². The molecule has 4 heteroatoms. The molecular formula is C17H30BrN3. The summed E-state index contributed by atoms with van der Waals surface area (Å²) in [5.41, 5.74) is 2.56. The van der Waals surface area contributed by atoms with Crippen LogP contribution in [0.1, 0.15) is 57.8 Å².